The van der Waals surface area contributed by atoms with Crippen molar-refractivity contribution in [3.63, 3.8) is 0 Å². The molecule has 21 heavy (non-hydrogen) atoms. The first kappa shape index (κ1) is 14.8. The third-order valence-corrected chi connectivity index (χ3v) is 3.13. The summed E-state index contributed by atoms with van der Waals surface area (Å²) in [5.41, 5.74) is 4.22. The number of esters is 1. The molecule has 0 fully saturated rings. The first-order valence-electron chi connectivity index (χ1n) is 6.62. The highest BCUT2D eigenvalue weighted by molar-refractivity contribution is 5.92. The molecule has 0 radical (unpaired) electrons. The summed E-state index contributed by atoms with van der Waals surface area (Å²) in [5, 5.41) is 2.96. The normalized spacial score (nSPS) is 10.0. The van der Waals surface area contributed by atoms with Crippen molar-refractivity contribution in [2.24, 2.45) is 0 Å². The van der Waals surface area contributed by atoms with E-state index in [1.165, 1.54) is 12.7 Å². The molecular weight excluding hydrogens is 266 g/mol. The minimum atomic E-state index is -0.405. The Morgan fingerprint density at radius 1 is 1.14 bits per heavy atom. The molecule has 0 heterocycles. The fourth-order valence-corrected chi connectivity index (χ4v) is 2.04. The molecule has 4 nitrogen and oxygen atoms in total. The van der Waals surface area contributed by atoms with Crippen molar-refractivity contribution >= 4 is 17.9 Å². The predicted molar refractivity (Wildman–Crippen MR) is 82.5 cm³/mol. The van der Waals surface area contributed by atoms with E-state index in [0.29, 0.717) is 11.3 Å². The number of hydrogen-bond donors (Lipinski definition) is 1. The standard InChI is InChI=1S/C17H17NO3/c1-12-3-5-13(6-4-12)14-9-15(17(20)21-2)11-16(10-14)18-7-8-19/h3-6,8-11,18H,7H2,1-2H3. The van der Waals surface area contributed by atoms with E-state index in [2.05, 4.69) is 5.32 Å². The summed E-state index contributed by atoms with van der Waals surface area (Å²) < 4.78 is 4.77. The maximum absolute atomic E-state index is 11.8. The molecular formula is C17H17NO3. The number of ether oxygens (including phenoxy) is 1. The lowest BCUT2D eigenvalue weighted by molar-refractivity contribution is -0.106. The second kappa shape index (κ2) is 6.70. The number of aryl methyl sites for hydroxylation is 1. The van der Waals surface area contributed by atoms with E-state index >= 15 is 0 Å². The summed E-state index contributed by atoms with van der Waals surface area (Å²) in [6.45, 7) is 2.21. The fourth-order valence-electron chi connectivity index (χ4n) is 2.04. The Hall–Kier alpha value is -2.62. The summed E-state index contributed by atoms with van der Waals surface area (Å²) in [4.78, 5) is 22.2. The van der Waals surface area contributed by atoms with Crippen LogP contribution < -0.4 is 5.32 Å². The molecule has 108 valence electrons. The Morgan fingerprint density at radius 3 is 2.48 bits per heavy atom. The van der Waals surface area contributed by atoms with Gasteiger partial charge in [0.2, 0.25) is 0 Å². The molecule has 4 heteroatoms. The van der Waals surface area contributed by atoms with Crippen LogP contribution in [0.25, 0.3) is 11.1 Å². The van der Waals surface area contributed by atoms with Gasteiger partial charge >= 0.3 is 5.97 Å². The predicted octanol–water partition coefficient (Wildman–Crippen LogP) is 3.06. The number of methoxy groups -OCH3 is 1. The average molecular weight is 283 g/mol. The maximum atomic E-state index is 11.8. The minimum absolute atomic E-state index is 0.192. The van der Waals surface area contributed by atoms with Crippen molar-refractivity contribution in [1.82, 2.24) is 0 Å². The lowest BCUT2D eigenvalue weighted by atomic mass is 10.0. The number of benzene rings is 2. The second-order valence-electron chi connectivity index (χ2n) is 4.70. The Kier molecular flexibility index (Phi) is 4.72. The van der Waals surface area contributed by atoms with Crippen LogP contribution in [0.2, 0.25) is 0 Å². The van der Waals surface area contributed by atoms with Crippen LogP contribution in [0.15, 0.2) is 42.5 Å². The molecule has 2 aromatic carbocycles. The monoisotopic (exact) mass is 283 g/mol. The average Bonchev–Trinajstić information content (AvgIpc) is 2.52. The van der Waals surface area contributed by atoms with Gasteiger partial charge in [-0.25, -0.2) is 4.79 Å². The SMILES string of the molecule is COC(=O)c1cc(NCC=O)cc(-c2ccc(C)cc2)c1. The highest BCUT2D eigenvalue weighted by atomic mass is 16.5. The molecule has 0 aliphatic carbocycles. The van der Waals surface area contributed by atoms with Gasteiger partial charge in [0.25, 0.3) is 0 Å². The van der Waals surface area contributed by atoms with E-state index in [1.807, 2.05) is 37.3 Å². The summed E-state index contributed by atoms with van der Waals surface area (Å²) in [7, 11) is 1.35. The number of hydrogen-bond acceptors (Lipinski definition) is 4. The van der Waals surface area contributed by atoms with E-state index in [4.69, 9.17) is 4.74 Å². The van der Waals surface area contributed by atoms with Crippen LogP contribution in [-0.4, -0.2) is 25.9 Å². The quantitative estimate of drug-likeness (QED) is 0.677. The first-order chi connectivity index (χ1) is 10.1. The van der Waals surface area contributed by atoms with Crippen LogP contribution in [0.4, 0.5) is 5.69 Å². The van der Waals surface area contributed by atoms with Crippen molar-refractivity contribution in [3.8, 4) is 11.1 Å². The van der Waals surface area contributed by atoms with Gasteiger partial charge in [-0.2, -0.15) is 0 Å². The van der Waals surface area contributed by atoms with E-state index in [9.17, 15) is 9.59 Å². The van der Waals surface area contributed by atoms with Crippen LogP contribution in [0, 0.1) is 6.92 Å². The van der Waals surface area contributed by atoms with E-state index in [0.717, 1.165) is 17.4 Å². The van der Waals surface area contributed by atoms with Crippen LogP contribution in [0.5, 0.6) is 0 Å². The summed E-state index contributed by atoms with van der Waals surface area (Å²) in [6, 6.07) is 13.4. The van der Waals surface area contributed by atoms with Crippen molar-refractivity contribution in [2.75, 3.05) is 19.0 Å². The van der Waals surface area contributed by atoms with E-state index in [-0.39, 0.29) is 6.54 Å². The lowest BCUT2D eigenvalue weighted by Gasteiger charge is -2.10. The summed E-state index contributed by atoms with van der Waals surface area (Å²) >= 11 is 0. The molecule has 0 aliphatic heterocycles. The minimum Gasteiger partial charge on any atom is -0.465 e. The number of rotatable bonds is 5. The summed E-state index contributed by atoms with van der Waals surface area (Å²) in [6.07, 6.45) is 0.774. The number of aldehydes is 1. The van der Waals surface area contributed by atoms with Crippen molar-refractivity contribution in [2.45, 2.75) is 6.92 Å². The van der Waals surface area contributed by atoms with Gasteiger partial charge in [0.15, 0.2) is 0 Å². The van der Waals surface area contributed by atoms with Crippen molar-refractivity contribution < 1.29 is 14.3 Å². The zero-order chi connectivity index (χ0) is 15.2. The van der Waals surface area contributed by atoms with Crippen molar-refractivity contribution in [1.29, 1.82) is 0 Å². The lowest BCUT2D eigenvalue weighted by Crippen LogP contribution is -2.06. The van der Waals surface area contributed by atoms with Crippen LogP contribution in [-0.2, 0) is 9.53 Å². The highest BCUT2D eigenvalue weighted by Gasteiger charge is 2.10. The smallest absolute Gasteiger partial charge is 0.337 e. The van der Waals surface area contributed by atoms with Gasteiger partial charge in [0, 0.05) is 5.69 Å². The number of carbonyl (C=O) groups is 2. The second-order valence-corrected chi connectivity index (χ2v) is 4.70. The van der Waals surface area contributed by atoms with Gasteiger partial charge in [-0.05, 0) is 36.2 Å². The molecule has 2 rings (SSSR count). The fraction of sp³-hybridized carbons (Fsp3) is 0.176. The molecule has 0 spiro atoms. The van der Waals surface area contributed by atoms with Crippen LogP contribution in [0.1, 0.15) is 15.9 Å². The van der Waals surface area contributed by atoms with Gasteiger partial charge in [0.1, 0.15) is 6.29 Å². The third kappa shape index (κ3) is 3.69. The number of nitrogens with one attached hydrogen (secondary N) is 1. The largest absolute Gasteiger partial charge is 0.465 e. The molecule has 0 aliphatic rings. The summed E-state index contributed by atoms with van der Waals surface area (Å²) in [5.74, 6) is -0.405. The van der Waals surface area contributed by atoms with Crippen molar-refractivity contribution in [3.05, 3.63) is 53.6 Å². The maximum Gasteiger partial charge on any atom is 0.337 e. The number of carbonyl (C=O) groups excluding carboxylic acids is 2. The number of anilines is 1. The molecule has 0 aromatic heterocycles. The van der Waals surface area contributed by atoms with Gasteiger partial charge in [0.05, 0.1) is 19.2 Å². The Morgan fingerprint density at radius 2 is 1.86 bits per heavy atom. The van der Waals surface area contributed by atoms with E-state index < -0.39 is 5.97 Å². The highest BCUT2D eigenvalue weighted by Crippen LogP contribution is 2.25. The Labute approximate surface area is 123 Å². The zero-order valence-corrected chi connectivity index (χ0v) is 12.1. The van der Waals surface area contributed by atoms with Gasteiger partial charge in [-0.3, -0.25) is 0 Å². The topological polar surface area (TPSA) is 55.4 Å². The molecule has 0 unspecified atom stereocenters. The molecule has 0 atom stereocenters. The Bertz CT molecular complexity index is 648. The third-order valence-electron chi connectivity index (χ3n) is 3.13. The van der Waals surface area contributed by atoms with Crippen LogP contribution >= 0.6 is 0 Å². The first-order valence-corrected chi connectivity index (χ1v) is 6.62. The van der Waals surface area contributed by atoms with E-state index in [1.54, 1.807) is 12.1 Å². The Balaban J connectivity index is 2.45. The van der Waals surface area contributed by atoms with Gasteiger partial charge in [-0.1, -0.05) is 29.8 Å². The zero-order valence-electron chi connectivity index (χ0n) is 12.1. The molecule has 0 amide bonds. The van der Waals surface area contributed by atoms with Crippen LogP contribution in [0.3, 0.4) is 0 Å². The molecule has 0 saturated heterocycles. The molecule has 1 N–H and O–H groups in total. The van der Waals surface area contributed by atoms with Gasteiger partial charge < -0.3 is 14.8 Å². The van der Waals surface area contributed by atoms with Gasteiger partial charge in [-0.15, -0.1) is 0 Å². The molecule has 0 saturated carbocycles. The molecule has 0 bridgehead atoms. The molecule has 2 aromatic rings.